The quantitative estimate of drug-likeness (QED) is 0.261. The molecule has 2 aliphatic carbocycles. The molecule has 4 aromatic rings. The van der Waals surface area contributed by atoms with Gasteiger partial charge in [-0.05, 0) is 59.1 Å². The van der Waals surface area contributed by atoms with Crippen molar-refractivity contribution in [3.8, 4) is 11.1 Å². The number of halogens is 3. The Balaban J connectivity index is 1.18. The van der Waals surface area contributed by atoms with E-state index in [2.05, 4.69) is 29.2 Å². The van der Waals surface area contributed by atoms with Crippen LogP contribution in [0.3, 0.4) is 0 Å². The normalized spacial score (nSPS) is 29.5. The summed E-state index contributed by atoms with van der Waals surface area (Å²) in [6.07, 6.45) is -3.87. The lowest BCUT2D eigenvalue weighted by Gasteiger charge is -2.43. The van der Waals surface area contributed by atoms with E-state index in [1.165, 1.54) is 23.5 Å². The summed E-state index contributed by atoms with van der Waals surface area (Å²) in [6, 6.07) is 22.8. The molecule has 212 valence electrons. The molecule has 3 heterocycles. The van der Waals surface area contributed by atoms with E-state index < -0.39 is 35.4 Å². The van der Waals surface area contributed by atoms with Gasteiger partial charge in [-0.15, -0.1) is 11.8 Å². The number of thioether (sulfide) groups is 1. The average molecular weight is 605 g/mol. The van der Waals surface area contributed by atoms with Crippen LogP contribution >= 0.6 is 23.1 Å². The molecule has 1 aromatic heterocycles. The van der Waals surface area contributed by atoms with E-state index in [0.717, 1.165) is 43.6 Å². The largest absolute Gasteiger partial charge is 0.416 e. The minimum absolute atomic E-state index is 0.00556. The number of carbonyl (C=O) groups excluding carboxylic acids is 2. The molecule has 2 saturated carbocycles. The van der Waals surface area contributed by atoms with Gasteiger partial charge in [0.15, 0.2) is 0 Å². The maximum atomic E-state index is 13.9. The van der Waals surface area contributed by atoms with Crippen LogP contribution in [0.1, 0.15) is 28.3 Å². The molecule has 2 aliphatic heterocycles. The van der Waals surface area contributed by atoms with Gasteiger partial charge < -0.3 is 4.98 Å². The molecular weight excluding hydrogens is 581 g/mol. The van der Waals surface area contributed by atoms with Gasteiger partial charge in [-0.1, -0.05) is 72.0 Å². The third kappa shape index (κ3) is 3.74. The van der Waals surface area contributed by atoms with Gasteiger partial charge in [-0.3, -0.25) is 19.3 Å². The zero-order valence-corrected chi connectivity index (χ0v) is 23.5. The maximum absolute atomic E-state index is 13.9. The lowest BCUT2D eigenvalue weighted by Crippen LogP contribution is -2.42. The van der Waals surface area contributed by atoms with Gasteiger partial charge in [0, 0.05) is 16.0 Å². The number of aromatic amines is 1. The van der Waals surface area contributed by atoms with Crippen molar-refractivity contribution in [3.05, 3.63) is 105 Å². The van der Waals surface area contributed by atoms with Crippen LogP contribution in [0.5, 0.6) is 0 Å². The van der Waals surface area contributed by atoms with Crippen LogP contribution in [0.15, 0.2) is 88.7 Å². The molecular formula is C32H23F3N2O3S2. The molecule has 3 aromatic carbocycles. The predicted molar refractivity (Wildman–Crippen MR) is 154 cm³/mol. The number of imide groups is 1. The summed E-state index contributed by atoms with van der Waals surface area (Å²) < 4.78 is 40.4. The lowest BCUT2D eigenvalue weighted by molar-refractivity contribution is -0.137. The number of thiazole rings is 1. The number of carbonyl (C=O) groups is 2. The number of fused-ring (bicyclic) bond motifs is 9. The number of hydrogen-bond donors (Lipinski definition) is 1. The molecule has 10 heteroatoms. The van der Waals surface area contributed by atoms with Gasteiger partial charge in [0.25, 0.3) is 0 Å². The SMILES string of the molecule is O=C1C2C3CC(C2C(=O)N1c1cccc(C(F)(F)F)c1)C1C3Sc2[nH]c(=O)sc2[C@@H]1c1ccc(-c2ccccc2)cc1. The number of nitrogens with zero attached hydrogens (tertiary/aromatic N) is 1. The molecule has 7 atom stereocenters. The number of rotatable bonds is 3. The second-order valence-corrected chi connectivity index (χ2v) is 13.7. The third-order valence-corrected chi connectivity index (χ3v) is 12.1. The van der Waals surface area contributed by atoms with Crippen molar-refractivity contribution >= 4 is 40.6 Å². The van der Waals surface area contributed by atoms with Gasteiger partial charge in [-0.25, -0.2) is 0 Å². The van der Waals surface area contributed by atoms with Crippen molar-refractivity contribution < 1.29 is 22.8 Å². The molecule has 0 radical (unpaired) electrons. The van der Waals surface area contributed by atoms with E-state index in [-0.39, 0.29) is 39.5 Å². The zero-order chi connectivity index (χ0) is 28.9. The number of H-pyrrole nitrogens is 1. The van der Waals surface area contributed by atoms with Crippen LogP contribution in [0.4, 0.5) is 18.9 Å². The average Bonchev–Trinajstić information content (AvgIpc) is 3.72. The standard InChI is InChI=1S/C32H23F3N2O3S2/c33-32(34,35)18-7-4-8-19(13-18)37-29(38)24-20-14-21(25(24)30(37)39)26-23(20)22(27-28(41-26)36-31(40)42-27)17-11-9-16(10-12-17)15-5-2-1-3-6-15/h1-13,20-26H,14H2,(H,36,40)/t20?,21?,22-,23?,24?,25?,26?/m1/s1. The molecule has 1 N–H and O–H groups in total. The van der Waals surface area contributed by atoms with Gasteiger partial charge >= 0.3 is 11.0 Å². The van der Waals surface area contributed by atoms with E-state index in [9.17, 15) is 27.6 Å². The zero-order valence-electron chi connectivity index (χ0n) is 21.9. The van der Waals surface area contributed by atoms with Crippen molar-refractivity contribution in [1.82, 2.24) is 4.98 Å². The fraction of sp³-hybridized carbons (Fsp3) is 0.281. The summed E-state index contributed by atoms with van der Waals surface area (Å²) in [6.45, 7) is 0. The summed E-state index contributed by atoms with van der Waals surface area (Å²) >= 11 is 2.79. The number of benzene rings is 3. The Bertz CT molecular complexity index is 1800. The highest BCUT2D eigenvalue weighted by molar-refractivity contribution is 8.00. The predicted octanol–water partition coefficient (Wildman–Crippen LogP) is 6.80. The Morgan fingerprint density at radius 2 is 1.50 bits per heavy atom. The van der Waals surface area contributed by atoms with Crippen molar-refractivity contribution in [3.63, 3.8) is 0 Å². The Morgan fingerprint density at radius 1 is 0.810 bits per heavy atom. The fourth-order valence-electron chi connectivity index (χ4n) is 7.98. The van der Waals surface area contributed by atoms with Gasteiger partial charge in [-0.2, -0.15) is 13.2 Å². The molecule has 2 amide bonds. The summed E-state index contributed by atoms with van der Waals surface area (Å²) in [5, 5.41) is 0.824. The first kappa shape index (κ1) is 26.0. The molecule has 6 unspecified atom stereocenters. The van der Waals surface area contributed by atoms with Crippen LogP contribution in [-0.2, 0) is 15.8 Å². The summed E-state index contributed by atoms with van der Waals surface area (Å²) in [7, 11) is 0. The lowest BCUT2D eigenvalue weighted by atomic mass is 9.68. The Morgan fingerprint density at radius 3 is 2.21 bits per heavy atom. The molecule has 1 saturated heterocycles. The number of nitrogens with one attached hydrogen (secondary N) is 1. The van der Waals surface area contributed by atoms with Crippen molar-refractivity contribution in [2.24, 2.45) is 29.6 Å². The second-order valence-electron chi connectivity index (χ2n) is 11.5. The van der Waals surface area contributed by atoms with Crippen LogP contribution in [0, 0.1) is 29.6 Å². The van der Waals surface area contributed by atoms with E-state index in [1.807, 2.05) is 30.3 Å². The van der Waals surface area contributed by atoms with Crippen molar-refractivity contribution in [1.29, 1.82) is 0 Å². The Labute approximate surface area is 246 Å². The Kier molecular flexibility index (Phi) is 5.69. The maximum Gasteiger partial charge on any atom is 0.416 e. The fourth-order valence-corrected chi connectivity index (χ4v) is 10.9. The highest BCUT2D eigenvalue weighted by Gasteiger charge is 2.69. The number of anilines is 1. The van der Waals surface area contributed by atoms with Crippen LogP contribution in [0.2, 0.25) is 0 Å². The van der Waals surface area contributed by atoms with Crippen molar-refractivity contribution in [2.75, 3.05) is 4.90 Å². The topological polar surface area (TPSA) is 70.2 Å². The van der Waals surface area contributed by atoms with E-state index in [0.29, 0.717) is 6.42 Å². The minimum Gasteiger partial charge on any atom is -0.307 e. The van der Waals surface area contributed by atoms with Gasteiger partial charge in [0.2, 0.25) is 11.8 Å². The summed E-state index contributed by atoms with van der Waals surface area (Å²) in [5.41, 5.74) is 2.31. The second kappa shape index (κ2) is 9.18. The first-order valence-corrected chi connectivity index (χ1v) is 15.5. The van der Waals surface area contributed by atoms with E-state index in [4.69, 9.17) is 0 Å². The highest BCUT2D eigenvalue weighted by Crippen LogP contribution is 2.68. The van der Waals surface area contributed by atoms with Gasteiger partial charge in [0.1, 0.15) is 0 Å². The smallest absolute Gasteiger partial charge is 0.307 e. The highest BCUT2D eigenvalue weighted by atomic mass is 32.2. The van der Waals surface area contributed by atoms with Crippen LogP contribution in [-0.4, -0.2) is 22.0 Å². The Hall–Kier alpha value is -3.63. The number of aromatic nitrogens is 1. The molecule has 2 bridgehead atoms. The van der Waals surface area contributed by atoms with E-state index in [1.54, 1.807) is 11.8 Å². The molecule has 42 heavy (non-hydrogen) atoms. The van der Waals surface area contributed by atoms with E-state index >= 15 is 0 Å². The minimum atomic E-state index is -4.58. The van der Waals surface area contributed by atoms with Crippen LogP contribution in [0.25, 0.3) is 11.1 Å². The third-order valence-electron chi connectivity index (χ3n) is 9.53. The molecule has 0 spiro atoms. The summed E-state index contributed by atoms with van der Waals surface area (Å²) in [5.74, 6) is -2.31. The number of alkyl halides is 3. The first-order valence-electron chi connectivity index (χ1n) is 13.8. The number of amides is 2. The summed E-state index contributed by atoms with van der Waals surface area (Å²) in [4.78, 5) is 45.0. The molecule has 5 nitrogen and oxygen atoms in total. The van der Waals surface area contributed by atoms with Crippen molar-refractivity contribution in [2.45, 2.75) is 28.8 Å². The first-order chi connectivity index (χ1) is 20.2. The number of hydrogen-bond acceptors (Lipinski definition) is 5. The van der Waals surface area contributed by atoms with Gasteiger partial charge in [0.05, 0.1) is 28.1 Å². The molecule has 4 aliphatic rings. The monoisotopic (exact) mass is 604 g/mol. The molecule has 8 rings (SSSR count). The van der Waals surface area contributed by atoms with Crippen LogP contribution < -0.4 is 9.77 Å². The molecule has 3 fully saturated rings.